The zero-order valence-corrected chi connectivity index (χ0v) is 8.78. The summed E-state index contributed by atoms with van der Waals surface area (Å²) in [6.45, 7) is 1.19. The first-order chi connectivity index (χ1) is 7.95. The number of rotatable bonds is 3. The van der Waals surface area contributed by atoms with Crippen LogP contribution in [-0.4, -0.2) is 28.0 Å². The lowest BCUT2D eigenvalue weighted by molar-refractivity contribution is -0.423. The van der Waals surface area contributed by atoms with Crippen molar-refractivity contribution in [3.8, 4) is 5.75 Å². The minimum atomic E-state index is -0.993. The lowest BCUT2D eigenvalue weighted by atomic mass is 10.2. The highest BCUT2D eigenvalue weighted by molar-refractivity contribution is 5.60. The fraction of sp³-hybridized carbons (Fsp3) is 0.250. The molecule has 0 amide bonds. The minimum Gasteiger partial charge on any atom is -0.502 e. The molecular formula is C8H12N4O5. The average molecular weight is 244 g/mol. The molecule has 0 aliphatic carbocycles. The van der Waals surface area contributed by atoms with E-state index < -0.39 is 27.0 Å². The first-order valence-corrected chi connectivity index (χ1v) is 4.46. The number of aromatic hydroxyl groups is 1. The van der Waals surface area contributed by atoms with E-state index >= 15 is 0 Å². The van der Waals surface area contributed by atoms with Crippen LogP contribution in [0, 0.1) is 20.2 Å². The Balaban J connectivity index is 0.000000557. The molecule has 0 heterocycles. The molecular weight excluding hydrogens is 232 g/mol. The van der Waals surface area contributed by atoms with Crippen LogP contribution in [0.5, 0.6) is 5.75 Å². The van der Waals surface area contributed by atoms with Crippen LogP contribution in [0.1, 0.15) is 0 Å². The molecule has 1 rings (SSSR count). The van der Waals surface area contributed by atoms with Crippen molar-refractivity contribution in [3.05, 3.63) is 38.4 Å². The van der Waals surface area contributed by atoms with E-state index in [1.165, 1.54) is 6.07 Å². The van der Waals surface area contributed by atoms with Crippen LogP contribution in [-0.2, 0) is 0 Å². The van der Waals surface area contributed by atoms with Gasteiger partial charge in [-0.25, -0.2) is 0 Å². The highest BCUT2D eigenvalue weighted by Gasteiger charge is 2.27. The second kappa shape index (κ2) is 7.09. The maximum absolute atomic E-state index is 10.3. The van der Waals surface area contributed by atoms with Crippen molar-refractivity contribution in [2.75, 3.05) is 13.1 Å². The summed E-state index contributed by atoms with van der Waals surface area (Å²) in [6, 6.07) is 3.14. The molecule has 1 aromatic rings. The van der Waals surface area contributed by atoms with Gasteiger partial charge < -0.3 is 16.6 Å². The number of nitro groups is 2. The van der Waals surface area contributed by atoms with Crippen molar-refractivity contribution >= 4 is 11.4 Å². The van der Waals surface area contributed by atoms with Crippen molar-refractivity contribution < 1.29 is 15.0 Å². The summed E-state index contributed by atoms with van der Waals surface area (Å²) in [4.78, 5) is 18.6. The SMILES string of the molecule is NCCN.O=[N+]([O-])c1cccc(O)c1[N+](=O)[O-]. The van der Waals surface area contributed by atoms with Crippen molar-refractivity contribution in [2.24, 2.45) is 11.5 Å². The van der Waals surface area contributed by atoms with Crippen LogP contribution in [0.15, 0.2) is 18.2 Å². The maximum Gasteiger partial charge on any atom is 0.387 e. The summed E-state index contributed by atoms with van der Waals surface area (Å²) in [6.07, 6.45) is 0. The Morgan fingerprint density at radius 3 is 1.94 bits per heavy atom. The average Bonchev–Trinajstić information content (AvgIpc) is 2.28. The third-order valence-corrected chi connectivity index (χ3v) is 1.54. The largest absolute Gasteiger partial charge is 0.502 e. The third-order valence-electron chi connectivity index (χ3n) is 1.54. The van der Waals surface area contributed by atoms with Crippen molar-refractivity contribution in [3.63, 3.8) is 0 Å². The summed E-state index contributed by atoms with van der Waals surface area (Å²) < 4.78 is 0. The molecule has 0 aliphatic heterocycles. The minimum absolute atomic E-state index is 0.597. The molecule has 5 N–H and O–H groups in total. The van der Waals surface area contributed by atoms with Gasteiger partial charge in [0.25, 0.3) is 0 Å². The predicted octanol–water partition coefficient (Wildman–Crippen LogP) is 0.112. The van der Waals surface area contributed by atoms with Crippen LogP contribution >= 0.6 is 0 Å². The van der Waals surface area contributed by atoms with Gasteiger partial charge in [0, 0.05) is 19.2 Å². The van der Waals surface area contributed by atoms with Crippen LogP contribution in [0.4, 0.5) is 11.4 Å². The summed E-state index contributed by atoms with van der Waals surface area (Å²) in [7, 11) is 0. The maximum atomic E-state index is 10.3. The molecule has 0 radical (unpaired) electrons. The van der Waals surface area contributed by atoms with Gasteiger partial charge in [-0.3, -0.25) is 20.2 Å². The number of nitro benzene ring substituents is 2. The van der Waals surface area contributed by atoms with E-state index in [2.05, 4.69) is 0 Å². The third kappa shape index (κ3) is 4.40. The Labute approximate surface area is 95.9 Å². The Hall–Kier alpha value is -2.26. The number of hydrogen-bond acceptors (Lipinski definition) is 7. The number of phenols is 1. The van der Waals surface area contributed by atoms with E-state index in [4.69, 9.17) is 16.6 Å². The Kier molecular flexibility index (Phi) is 6.14. The topological polar surface area (TPSA) is 159 Å². The van der Waals surface area contributed by atoms with E-state index in [0.717, 1.165) is 12.1 Å². The first-order valence-electron chi connectivity index (χ1n) is 4.46. The number of para-hydroxylation sites is 1. The van der Waals surface area contributed by atoms with Crippen LogP contribution in [0.25, 0.3) is 0 Å². The summed E-state index contributed by atoms with van der Waals surface area (Å²) >= 11 is 0. The second-order valence-corrected chi connectivity index (χ2v) is 2.74. The Bertz CT molecular complexity index is 407. The van der Waals surface area contributed by atoms with Crippen LogP contribution < -0.4 is 11.5 Å². The van der Waals surface area contributed by atoms with Gasteiger partial charge in [-0.2, -0.15) is 0 Å². The molecule has 0 spiro atoms. The highest BCUT2D eigenvalue weighted by atomic mass is 16.6. The van der Waals surface area contributed by atoms with E-state index in [1.807, 2.05) is 0 Å². The Morgan fingerprint density at radius 1 is 1.12 bits per heavy atom. The molecule has 0 aromatic heterocycles. The van der Waals surface area contributed by atoms with Gasteiger partial charge in [0.1, 0.15) is 0 Å². The summed E-state index contributed by atoms with van der Waals surface area (Å²) in [5.74, 6) is -0.709. The van der Waals surface area contributed by atoms with Crippen LogP contribution in [0.3, 0.4) is 0 Å². The molecule has 0 saturated heterocycles. The molecule has 9 heteroatoms. The smallest absolute Gasteiger partial charge is 0.387 e. The van der Waals surface area contributed by atoms with Gasteiger partial charge in [-0.15, -0.1) is 0 Å². The molecule has 0 fully saturated rings. The zero-order valence-electron chi connectivity index (χ0n) is 8.78. The molecule has 0 aliphatic rings. The predicted molar refractivity (Wildman–Crippen MR) is 59.5 cm³/mol. The van der Waals surface area contributed by atoms with Crippen molar-refractivity contribution in [1.29, 1.82) is 0 Å². The molecule has 0 atom stereocenters. The fourth-order valence-electron chi connectivity index (χ4n) is 0.854. The summed E-state index contributed by atoms with van der Waals surface area (Å²) in [5, 5.41) is 29.5. The van der Waals surface area contributed by atoms with Crippen molar-refractivity contribution in [1.82, 2.24) is 0 Å². The number of nitrogens with two attached hydrogens (primary N) is 2. The van der Waals surface area contributed by atoms with Gasteiger partial charge in [0.15, 0.2) is 0 Å². The second-order valence-electron chi connectivity index (χ2n) is 2.74. The van der Waals surface area contributed by atoms with Gasteiger partial charge in [0.2, 0.25) is 5.75 Å². The molecule has 0 bridgehead atoms. The van der Waals surface area contributed by atoms with Crippen LogP contribution in [0.2, 0.25) is 0 Å². The van der Waals surface area contributed by atoms with Gasteiger partial charge >= 0.3 is 11.4 Å². The number of nitrogens with zero attached hydrogens (tertiary/aromatic N) is 2. The van der Waals surface area contributed by atoms with E-state index in [-0.39, 0.29) is 0 Å². The number of benzene rings is 1. The highest BCUT2D eigenvalue weighted by Crippen LogP contribution is 2.34. The monoisotopic (exact) mass is 244 g/mol. The van der Waals surface area contributed by atoms with Gasteiger partial charge in [0.05, 0.1) is 9.85 Å². The molecule has 9 nitrogen and oxygen atoms in total. The number of hydrogen-bond donors (Lipinski definition) is 3. The van der Waals surface area contributed by atoms with Gasteiger partial charge in [-0.05, 0) is 6.07 Å². The quantitative estimate of drug-likeness (QED) is 0.502. The number of phenolic OH excluding ortho intramolecular Hbond substituents is 1. The molecule has 94 valence electrons. The lowest BCUT2D eigenvalue weighted by Gasteiger charge is -1.95. The van der Waals surface area contributed by atoms with E-state index in [9.17, 15) is 20.2 Å². The van der Waals surface area contributed by atoms with E-state index in [1.54, 1.807) is 0 Å². The Morgan fingerprint density at radius 2 is 1.65 bits per heavy atom. The fourth-order valence-corrected chi connectivity index (χ4v) is 0.854. The molecule has 0 unspecified atom stereocenters. The van der Waals surface area contributed by atoms with Gasteiger partial charge in [-0.1, -0.05) is 6.07 Å². The summed E-state index contributed by atoms with van der Waals surface area (Å²) in [5.41, 5.74) is 8.21. The lowest BCUT2D eigenvalue weighted by Crippen LogP contribution is -2.11. The zero-order chi connectivity index (χ0) is 13.4. The molecule has 0 saturated carbocycles. The van der Waals surface area contributed by atoms with Crippen molar-refractivity contribution in [2.45, 2.75) is 0 Å². The first kappa shape index (κ1) is 14.7. The molecule has 17 heavy (non-hydrogen) atoms. The molecule has 1 aromatic carbocycles. The normalized spacial score (nSPS) is 9.06. The standard InChI is InChI=1S/C6H4N2O5.C2H8N2/c9-5-3-1-2-4(7(10)11)6(5)8(12)13;3-1-2-4/h1-3,9H;1-4H2. The van der Waals surface area contributed by atoms with E-state index in [0.29, 0.717) is 13.1 Å².